The molecule has 1 aliphatic carbocycles. The van der Waals surface area contributed by atoms with E-state index in [0.717, 1.165) is 18.4 Å². The fourth-order valence-corrected chi connectivity index (χ4v) is 3.99. The van der Waals surface area contributed by atoms with Crippen LogP contribution >= 0.6 is 0 Å². The third-order valence-corrected chi connectivity index (χ3v) is 5.04. The minimum Gasteiger partial charge on any atom is -0.335 e. The highest BCUT2D eigenvalue weighted by Crippen LogP contribution is 2.42. The highest BCUT2D eigenvalue weighted by atomic mass is 19.1. The van der Waals surface area contributed by atoms with Gasteiger partial charge in [-0.15, -0.1) is 0 Å². The van der Waals surface area contributed by atoms with Crippen molar-refractivity contribution in [3.8, 4) is 0 Å². The Kier molecular flexibility index (Phi) is 4.82. The predicted molar refractivity (Wildman–Crippen MR) is 84.9 cm³/mol. The van der Waals surface area contributed by atoms with Gasteiger partial charge in [-0.1, -0.05) is 30.1 Å². The zero-order valence-corrected chi connectivity index (χ0v) is 13.1. The Morgan fingerprint density at radius 3 is 2.65 bits per heavy atom. The molecule has 0 spiro atoms. The molecule has 1 aliphatic heterocycles. The lowest BCUT2D eigenvalue weighted by atomic mass is 9.90. The van der Waals surface area contributed by atoms with E-state index in [0.29, 0.717) is 25.4 Å². The summed E-state index contributed by atoms with van der Waals surface area (Å²) in [7, 11) is 0. The van der Waals surface area contributed by atoms with E-state index in [1.807, 2.05) is 4.90 Å². The maximum Gasteiger partial charge on any atom is 0.223 e. The van der Waals surface area contributed by atoms with Gasteiger partial charge in [0.05, 0.1) is 6.04 Å². The molecular weight excluding hydrogens is 295 g/mol. The van der Waals surface area contributed by atoms with E-state index in [4.69, 9.17) is 5.53 Å². The van der Waals surface area contributed by atoms with Crippen LogP contribution in [0.4, 0.5) is 4.39 Å². The summed E-state index contributed by atoms with van der Waals surface area (Å²) in [6, 6.07) is 6.55. The summed E-state index contributed by atoms with van der Waals surface area (Å²) in [6.45, 7) is 0.982. The molecule has 1 aromatic rings. The van der Waals surface area contributed by atoms with Crippen molar-refractivity contribution in [2.45, 2.75) is 38.1 Å². The second-order valence-corrected chi connectivity index (χ2v) is 6.57. The first-order chi connectivity index (χ1) is 11.2. The Balaban J connectivity index is 1.84. The monoisotopic (exact) mass is 316 g/mol. The molecule has 2 fully saturated rings. The molecule has 1 heterocycles. The number of benzene rings is 1. The molecule has 0 aromatic heterocycles. The lowest BCUT2D eigenvalue weighted by Crippen LogP contribution is -2.34. The van der Waals surface area contributed by atoms with Gasteiger partial charge in [0.1, 0.15) is 5.82 Å². The molecular formula is C17H21FN4O. The molecule has 3 rings (SSSR count). The molecule has 5 nitrogen and oxygen atoms in total. The Labute approximate surface area is 135 Å². The van der Waals surface area contributed by atoms with E-state index in [2.05, 4.69) is 10.0 Å². The minimum atomic E-state index is -0.257. The van der Waals surface area contributed by atoms with Crippen LogP contribution < -0.4 is 0 Å². The van der Waals surface area contributed by atoms with Crippen LogP contribution in [-0.2, 0) is 4.79 Å². The average molecular weight is 316 g/mol. The van der Waals surface area contributed by atoms with Gasteiger partial charge >= 0.3 is 0 Å². The lowest BCUT2D eigenvalue weighted by molar-refractivity contribution is -0.130. The largest absolute Gasteiger partial charge is 0.335 e. The normalized spacial score (nSPS) is 23.1. The first-order valence-corrected chi connectivity index (χ1v) is 8.25. The average Bonchev–Trinajstić information content (AvgIpc) is 3.18. The number of rotatable bonds is 5. The fraction of sp³-hybridized carbons (Fsp3) is 0.588. The first-order valence-electron chi connectivity index (χ1n) is 8.25. The number of hydrogen-bond donors (Lipinski definition) is 0. The summed E-state index contributed by atoms with van der Waals surface area (Å²) in [4.78, 5) is 17.2. The van der Waals surface area contributed by atoms with Gasteiger partial charge in [-0.3, -0.25) is 4.79 Å². The summed E-state index contributed by atoms with van der Waals surface area (Å²) in [5.74, 6) is 0.377. The van der Waals surface area contributed by atoms with E-state index in [9.17, 15) is 9.18 Å². The van der Waals surface area contributed by atoms with Crippen molar-refractivity contribution >= 4 is 5.91 Å². The summed E-state index contributed by atoms with van der Waals surface area (Å²) in [5, 5.41) is 3.62. The van der Waals surface area contributed by atoms with Gasteiger partial charge in [0.25, 0.3) is 0 Å². The van der Waals surface area contributed by atoms with E-state index in [-0.39, 0.29) is 23.7 Å². The quantitative estimate of drug-likeness (QED) is 0.455. The molecule has 2 aliphatic rings. The van der Waals surface area contributed by atoms with Crippen LogP contribution in [0.2, 0.25) is 0 Å². The van der Waals surface area contributed by atoms with Crippen LogP contribution in [0.1, 0.15) is 43.7 Å². The Morgan fingerprint density at radius 2 is 2.00 bits per heavy atom. The van der Waals surface area contributed by atoms with Crippen molar-refractivity contribution in [3.63, 3.8) is 0 Å². The Hall–Kier alpha value is -2.07. The van der Waals surface area contributed by atoms with E-state index >= 15 is 0 Å². The zero-order valence-electron chi connectivity index (χ0n) is 13.1. The molecule has 6 heteroatoms. The SMILES string of the molecule is [N-]=[N+]=NCC1CC(=O)N(C(c2ccc(F)cc2)C2CCCC2)C1. The number of likely N-dealkylation sites (tertiary alicyclic amines) is 1. The lowest BCUT2D eigenvalue weighted by Gasteiger charge is -2.33. The Morgan fingerprint density at radius 1 is 1.30 bits per heavy atom. The van der Waals surface area contributed by atoms with Crippen LogP contribution in [-0.4, -0.2) is 23.9 Å². The molecule has 0 bridgehead atoms. The molecule has 1 amide bonds. The topological polar surface area (TPSA) is 69.1 Å². The van der Waals surface area contributed by atoms with Crippen LogP contribution in [0.25, 0.3) is 10.4 Å². The van der Waals surface area contributed by atoms with Crippen molar-refractivity contribution < 1.29 is 9.18 Å². The van der Waals surface area contributed by atoms with Crippen molar-refractivity contribution in [2.75, 3.05) is 13.1 Å². The summed E-state index contributed by atoms with van der Waals surface area (Å²) in [6.07, 6.45) is 5.02. The molecule has 1 aromatic carbocycles. The molecule has 23 heavy (non-hydrogen) atoms. The summed E-state index contributed by atoms with van der Waals surface area (Å²) >= 11 is 0. The summed E-state index contributed by atoms with van der Waals surface area (Å²) in [5.41, 5.74) is 9.48. The molecule has 0 radical (unpaired) electrons. The molecule has 122 valence electrons. The number of azide groups is 1. The molecule has 1 saturated heterocycles. The standard InChI is InChI=1S/C17H21FN4O/c18-15-7-5-14(6-8-15)17(13-3-1-2-4-13)22-11-12(9-16(22)23)10-20-21-19/h5-8,12-13,17H,1-4,9-11H2. The van der Waals surface area contributed by atoms with E-state index in [1.54, 1.807) is 12.1 Å². The second kappa shape index (κ2) is 7.01. The van der Waals surface area contributed by atoms with Gasteiger partial charge in [0, 0.05) is 24.4 Å². The molecule has 2 atom stereocenters. The van der Waals surface area contributed by atoms with E-state index in [1.165, 1.54) is 25.0 Å². The fourth-order valence-electron chi connectivity index (χ4n) is 3.99. The molecule has 2 unspecified atom stereocenters. The maximum atomic E-state index is 13.3. The van der Waals surface area contributed by atoms with Gasteiger partial charge in [0.2, 0.25) is 5.91 Å². The van der Waals surface area contributed by atoms with Crippen LogP contribution in [0, 0.1) is 17.7 Å². The van der Waals surface area contributed by atoms with Gasteiger partial charge in [0.15, 0.2) is 0 Å². The smallest absolute Gasteiger partial charge is 0.223 e. The van der Waals surface area contributed by atoms with Crippen molar-refractivity contribution in [1.82, 2.24) is 4.90 Å². The number of amides is 1. The third kappa shape index (κ3) is 3.48. The van der Waals surface area contributed by atoms with Crippen LogP contribution in [0.15, 0.2) is 29.4 Å². The number of nitrogens with zero attached hydrogens (tertiary/aromatic N) is 4. The van der Waals surface area contributed by atoms with Crippen molar-refractivity contribution in [3.05, 3.63) is 46.1 Å². The van der Waals surface area contributed by atoms with Crippen LogP contribution in [0.5, 0.6) is 0 Å². The summed E-state index contributed by atoms with van der Waals surface area (Å²) < 4.78 is 13.3. The van der Waals surface area contributed by atoms with Crippen molar-refractivity contribution in [1.29, 1.82) is 0 Å². The Bertz CT molecular complexity index is 606. The highest BCUT2D eigenvalue weighted by molar-refractivity contribution is 5.79. The van der Waals surface area contributed by atoms with Gasteiger partial charge < -0.3 is 4.90 Å². The zero-order chi connectivity index (χ0) is 16.2. The third-order valence-electron chi connectivity index (χ3n) is 5.04. The van der Waals surface area contributed by atoms with Crippen LogP contribution in [0.3, 0.4) is 0 Å². The molecule has 0 N–H and O–H groups in total. The first kappa shape index (κ1) is 15.8. The molecule has 1 saturated carbocycles. The number of hydrogen-bond acceptors (Lipinski definition) is 2. The second-order valence-electron chi connectivity index (χ2n) is 6.57. The number of halogens is 1. The predicted octanol–water partition coefficient (Wildman–Crippen LogP) is 4.22. The van der Waals surface area contributed by atoms with Gasteiger partial charge in [-0.25, -0.2) is 4.39 Å². The minimum absolute atomic E-state index is 0.0154. The van der Waals surface area contributed by atoms with Gasteiger partial charge in [-0.2, -0.15) is 0 Å². The number of carbonyl (C=O) groups is 1. The van der Waals surface area contributed by atoms with Crippen molar-refractivity contribution in [2.24, 2.45) is 17.0 Å². The van der Waals surface area contributed by atoms with E-state index < -0.39 is 0 Å². The highest BCUT2D eigenvalue weighted by Gasteiger charge is 2.39. The van der Waals surface area contributed by atoms with Gasteiger partial charge in [-0.05, 0) is 47.9 Å². The maximum absolute atomic E-state index is 13.3. The number of carbonyl (C=O) groups excluding carboxylic acids is 1.